The number of benzene rings is 2. The van der Waals surface area contributed by atoms with E-state index in [-0.39, 0.29) is 16.7 Å². The van der Waals surface area contributed by atoms with Gasteiger partial charge in [0, 0.05) is 0 Å². The summed E-state index contributed by atoms with van der Waals surface area (Å²) in [6.07, 6.45) is 1.38. The molecule has 2 aromatic carbocycles. The number of allylic oxidation sites excluding steroid dienone is 1. The van der Waals surface area contributed by atoms with Crippen LogP contribution >= 0.6 is 0 Å². The van der Waals surface area contributed by atoms with Crippen LogP contribution in [0.15, 0.2) is 54.1 Å². The van der Waals surface area contributed by atoms with Gasteiger partial charge in [0.1, 0.15) is 17.4 Å². The lowest BCUT2D eigenvalue weighted by molar-refractivity contribution is 0.0600. The predicted molar refractivity (Wildman–Crippen MR) is 88.7 cm³/mol. The largest absolute Gasteiger partial charge is 0.496 e. The summed E-state index contributed by atoms with van der Waals surface area (Å²) < 4.78 is 9.88. The summed E-state index contributed by atoms with van der Waals surface area (Å²) in [6.45, 7) is 0. The maximum atomic E-state index is 12.6. The summed E-state index contributed by atoms with van der Waals surface area (Å²) in [4.78, 5) is 24.4. The number of carbonyl (C=O) groups excluding carboxylic acids is 2. The number of nitrogens with zero attached hydrogens (tertiary/aromatic N) is 1. The molecule has 0 spiro atoms. The second-order valence-corrected chi connectivity index (χ2v) is 4.78. The van der Waals surface area contributed by atoms with Gasteiger partial charge in [0.15, 0.2) is 0 Å². The Morgan fingerprint density at radius 2 is 1.62 bits per heavy atom. The number of ether oxygens (including phenoxy) is 2. The van der Waals surface area contributed by atoms with Gasteiger partial charge < -0.3 is 9.47 Å². The van der Waals surface area contributed by atoms with Gasteiger partial charge in [-0.05, 0) is 29.8 Å². The summed E-state index contributed by atoms with van der Waals surface area (Å²) in [6, 6.07) is 15.1. The Hall–Kier alpha value is -3.39. The van der Waals surface area contributed by atoms with Gasteiger partial charge in [0.25, 0.3) is 0 Å². The fraction of sp³-hybridized carbons (Fsp3) is 0.105. The first-order valence-electron chi connectivity index (χ1n) is 7.09. The van der Waals surface area contributed by atoms with Crippen LogP contribution < -0.4 is 4.74 Å². The maximum absolute atomic E-state index is 12.6. The molecule has 120 valence electrons. The molecule has 0 heterocycles. The molecule has 0 unspecified atom stereocenters. The van der Waals surface area contributed by atoms with Crippen LogP contribution in [0.25, 0.3) is 6.08 Å². The fourth-order valence-electron chi connectivity index (χ4n) is 2.20. The average Bonchev–Trinajstić information content (AvgIpc) is 2.65. The molecule has 0 atom stereocenters. The third-order valence-electron chi connectivity index (χ3n) is 3.38. The van der Waals surface area contributed by atoms with E-state index in [4.69, 9.17) is 9.47 Å². The highest BCUT2D eigenvalue weighted by Gasteiger charge is 2.18. The number of hydrogen-bond donors (Lipinski definition) is 0. The second kappa shape index (κ2) is 7.75. The Labute approximate surface area is 139 Å². The smallest absolute Gasteiger partial charge is 0.338 e. The zero-order valence-corrected chi connectivity index (χ0v) is 13.3. The Balaban J connectivity index is 2.50. The normalized spacial score (nSPS) is 10.6. The van der Waals surface area contributed by atoms with E-state index in [2.05, 4.69) is 0 Å². The zero-order valence-electron chi connectivity index (χ0n) is 13.3. The Morgan fingerprint density at radius 1 is 1.00 bits per heavy atom. The monoisotopic (exact) mass is 321 g/mol. The van der Waals surface area contributed by atoms with Crippen LogP contribution in [0, 0.1) is 11.3 Å². The molecule has 0 saturated heterocycles. The van der Waals surface area contributed by atoms with Crippen LogP contribution in [-0.4, -0.2) is 26.0 Å². The molecule has 5 nitrogen and oxygen atoms in total. The molecule has 5 heteroatoms. The molecular formula is C19H15NO4. The number of esters is 1. The van der Waals surface area contributed by atoms with E-state index in [1.54, 1.807) is 48.5 Å². The molecule has 24 heavy (non-hydrogen) atoms. The van der Waals surface area contributed by atoms with E-state index in [9.17, 15) is 14.9 Å². The van der Waals surface area contributed by atoms with Crippen molar-refractivity contribution in [3.05, 3.63) is 70.8 Å². The molecule has 0 radical (unpaired) electrons. The molecule has 0 amide bonds. The maximum Gasteiger partial charge on any atom is 0.338 e. The minimum absolute atomic E-state index is 0.101. The van der Waals surface area contributed by atoms with Gasteiger partial charge in [-0.3, -0.25) is 4.79 Å². The van der Waals surface area contributed by atoms with Gasteiger partial charge in [0.2, 0.25) is 5.78 Å². The van der Waals surface area contributed by atoms with E-state index < -0.39 is 11.8 Å². The summed E-state index contributed by atoms with van der Waals surface area (Å²) in [7, 11) is 2.72. The van der Waals surface area contributed by atoms with E-state index in [0.29, 0.717) is 11.3 Å². The molecule has 2 rings (SSSR count). The molecule has 0 bridgehead atoms. The van der Waals surface area contributed by atoms with Gasteiger partial charge in [-0.15, -0.1) is 0 Å². The van der Waals surface area contributed by atoms with Crippen molar-refractivity contribution in [2.75, 3.05) is 14.2 Å². The zero-order chi connectivity index (χ0) is 17.5. The Kier molecular flexibility index (Phi) is 5.48. The van der Waals surface area contributed by atoms with Crippen LogP contribution in [-0.2, 0) is 4.74 Å². The summed E-state index contributed by atoms with van der Waals surface area (Å²) in [5.74, 6) is -0.636. The highest BCUT2D eigenvalue weighted by molar-refractivity contribution is 6.15. The Morgan fingerprint density at radius 3 is 2.25 bits per heavy atom. The first kappa shape index (κ1) is 17.0. The number of ketones is 1. The first-order valence-corrected chi connectivity index (χ1v) is 7.09. The van der Waals surface area contributed by atoms with Gasteiger partial charge >= 0.3 is 5.97 Å². The lowest BCUT2D eigenvalue weighted by Crippen LogP contribution is -2.06. The number of methoxy groups -OCH3 is 2. The first-order chi connectivity index (χ1) is 11.6. The van der Waals surface area contributed by atoms with Crippen molar-refractivity contribution in [3.8, 4) is 11.8 Å². The van der Waals surface area contributed by atoms with Crippen molar-refractivity contribution >= 4 is 17.8 Å². The van der Waals surface area contributed by atoms with E-state index in [0.717, 1.165) is 0 Å². The van der Waals surface area contributed by atoms with Crippen molar-refractivity contribution in [2.45, 2.75) is 0 Å². The van der Waals surface area contributed by atoms with Gasteiger partial charge in [-0.25, -0.2) is 4.79 Å². The molecule has 0 aliphatic carbocycles. The highest BCUT2D eigenvalue weighted by Crippen LogP contribution is 2.22. The lowest BCUT2D eigenvalue weighted by Gasteiger charge is -2.07. The van der Waals surface area contributed by atoms with Crippen molar-refractivity contribution in [1.82, 2.24) is 0 Å². The van der Waals surface area contributed by atoms with Gasteiger partial charge in [-0.2, -0.15) is 5.26 Å². The molecule has 0 aromatic heterocycles. The van der Waals surface area contributed by atoms with Crippen molar-refractivity contribution in [2.24, 2.45) is 0 Å². The molecule has 0 N–H and O–H groups in total. The summed E-state index contributed by atoms with van der Waals surface area (Å²) in [5.41, 5.74) is 0.893. The van der Waals surface area contributed by atoms with Crippen LogP contribution in [0.1, 0.15) is 26.3 Å². The number of para-hydroxylation sites is 1. The van der Waals surface area contributed by atoms with Crippen LogP contribution in [0.3, 0.4) is 0 Å². The molecule has 2 aromatic rings. The minimum atomic E-state index is -0.538. The SMILES string of the molecule is COC(=O)c1ccccc1/C=C(\C#N)C(=O)c1ccccc1OC. The minimum Gasteiger partial charge on any atom is -0.496 e. The van der Waals surface area contributed by atoms with Crippen LogP contribution in [0.2, 0.25) is 0 Å². The van der Waals surface area contributed by atoms with Crippen LogP contribution in [0.4, 0.5) is 0 Å². The molecule has 0 aliphatic heterocycles. The third-order valence-corrected chi connectivity index (χ3v) is 3.38. The summed E-state index contributed by atoms with van der Waals surface area (Å²) in [5, 5.41) is 9.37. The fourth-order valence-corrected chi connectivity index (χ4v) is 2.20. The molecule has 0 saturated carbocycles. The molecule has 0 fully saturated rings. The summed E-state index contributed by atoms with van der Waals surface area (Å²) >= 11 is 0. The van der Waals surface area contributed by atoms with Crippen molar-refractivity contribution in [1.29, 1.82) is 5.26 Å². The van der Waals surface area contributed by atoms with Crippen molar-refractivity contribution in [3.63, 3.8) is 0 Å². The van der Waals surface area contributed by atoms with E-state index in [1.165, 1.54) is 20.3 Å². The second-order valence-electron chi connectivity index (χ2n) is 4.78. The van der Waals surface area contributed by atoms with E-state index >= 15 is 0 Å². The van der Waals surface area contributed by atoms with Crippen molar-refractivity contribution < 1.29 is 19.1 Å². The van der Waals surface area contributed by atoms with Crippen LogP contribution in [0.5, 0.6) is 5.75 Å². The Bertz CT molecular complexity index is 846. The van der Waals surface area contributed by atoms with E-state index in [1.807, 2.05) is 6.07 Å². The number of rotatable bonds is 5. The predicted octanol–water partition coefficient (Wildman–Crippen LogP) is 3.27. The lowest BCUT2D eigenvalue weighted by atomic mass is 9.99. The average molecular weight is 321 g/mol. The third kappa shape index (κ3) is 3.50. The number of carbonyl (C=O) groups is 2. The van der Waals surface area contributed by atoms with Gasteiger partial charge in [-0.1, -0.05) is 30.3 Å². The molecule has 0 aliphatic rings. The van der Waals surface area contributed by atoms with Gasteiger partial charge in [0.05, 0.1) is 25.3 Å². The number of hydrogen-bond acceptors (Lipinski definition) is 5. The molecular weight excluding hydrogens is 306 g/mol. The number of Topliss-reactive ketones (excluding diaryl/α,β-unsaturated/α-hetero) is 1. The highest BCUT2D eigenvalue weighted by atomic mass is 16.5. The topological polar surface area (TPSA) is 76.4 Å². The number of nitriles is 1. The standard InChI is InChI=1S/C19H15NO4/c1-23-17-10-6-5-9-16(17)18(21)14(12-20)11-13-7-3-4-8-15(13)19(22)24-2/h3-11H,1-2H3/b14-11+. The quantitative estimate of drug-likeness (QED) is 0.365.